The molecule has 0 N–H and O–H groups in total. The van der Waals surface area contributed by atoms with E-state index in [1.54, 1.807) is 5.38 Å². The van der Waals surface area contributed by atoms with Crippen LogP contribution in [0.3, 0.4) is 0 Å². The van der Waals surface area contributed by atoms with Gasteiger partial charge in [0, 0.05) is 12.3 Å². The Labute approximate surface area is 73.9 Å². The van der Waals surface area contributed by atoms with Gasteiger partial charge in [-0.05, 0) is 11.4 Å². The molecule has 0 atom stereocenters. The Morgan fingerprint density at radius 1 is 1.58 bits per heavy atom. The first kappa shape index (κ1) is 9.21. The second kappa shape index (κ2) is 3.24. The lowest BCUT2D eigenvalue weighted by Gasteiger charge is -1.98. The van der Waals surface area contributed by atoms with Gasteiger partial charge >= 0.3 is 16.1 Å². The van der Waals surface area contributed by atoms with Crippen molar-refractivity contribution in [2.24, 2.45) is 0 Å². The molecule has 1 aromatic rings. The lowest BCUT2D eigenvalue weighted by atomic mass is 10.7. The molecule has 0 aromatic carbocycles. The Morgan fingerprint density at radius 3 is 2.67 bits per heavy atom. The highest BCUT2D eigenvalue weighted by Crippen LogP contribution is 2.15. The lowest BCUT2D eigenvalue weighted by Crippen LogP contribution is -2.09. The van der Waals surface area contributed by atoms with E-state index < -0.39 is 16.1 Å². The van der Waals surface area contributed by atoms with Gasteiger partial charge in [-0.1, -0.05) is 0 Å². The summed E-state index contributed by atoms with van der Waals surface area (Å²) < 4.78 is 26.3. The second-order valence-electron chi connectivity index (χ2n) is 1.99. The van der Waals surface area contributed by atoms with Gasteiger partial charge in [-0.25, -0.2) is 0 Å². The van der Waals surface area contributed by atoms with Crippen molar-refractivity contribution in [3.8, 4) is 0 Å². The Morgan fingerprint density at radius 2 is 2.25 bits per heavy atom. The Hall–Kier alpha value is -0.880. The molecule has 12 heavy (non-hydrogen) atoms. The highest BCUT2D eigenvalue weighted by Gasteiger charge is 2.17. The summed E-state index contributed by atoms with van der Waals surface area (Å²) in [5.74, 6) is -0.832. The molecule has 0 fully saturated rings. The first-order valence-corrected chi connectivity index (χ1v) is 5.35. The molecule has 0 amide bonds. The molecular weight excluding hydrogens is 200 g/mol. The largest absolute Gasteiger partial charge is 0.343 e. The lowest BCUT2D eigenvalue weighted by molar-refractivity contribution is -0.131. The third-order valence-electron chi connectivity index (χ3n) is 1.01. The Bertz CT molecular complexity index is 362. The zero-order chi connectivity index (χ0) is 9.19. The average molecular weight is 206 g/mol. The van der Waals surface area contributed by atoms with Crippen molar-refractivity contribution in [1.82, 2.24) is 0 Å². The first-order valence-electron chi connectivity index (χ1n) is 2.99. The van der Waals surface area contributed by atoms with E-state index in [1.807, 2.05) is 0 Å². The summed E-state index contributed by atoms with van der Waals surface area (Å²) in [7, 11) is -3.86. The van der Waals surface area contributed by atoms with Crippen molar-refractivity contribution in [2.45, 2.75) is 11.8 Å². The molecule has 0 saturated carbocycles. The zero-order valence-electron chi connectivity index (χ0n) is 6.18. The molecule has 0 aliphatic rings. The SMILES string of the molecule is CC(=O)OS(=O)(=O)c1ccsc1. The molecule has 0 radical (unpaired) electrons. The van der Waals surface area contributed by atoms with Gasteiger partial charge in [0.15, 0.2) is 0 Å². The maximum atomic E-state index is 11.1. The molecule has 0 spiro atoms. The molecule has 0 aliphatic heterocycles. The van der Waals surface area contributed by atoms with Crippen LogP contribution in [0.25, 0.3) is 0 Å². The smallest absolute Gasteiger partial charge is 0.342 e. The van der Waals surface area contributed by atoms with Crippen LogP contribution in [0.4, 0.5) is 0 Å². The predicted molar refractivity (Wildman–Crippen MR) is 43.3 cm³/mol. The van der Waals surface area contributed by atoms with Crippen molar-refractivity contribution in [3.05, 3.63) is 16.8 Å². The van der Waals surface area contributed by atoms with Gasteiger partial charge in [0.25, 0.3) is 0 Å². The van der Waals surface area contributed by atoms with Crippen molar-refractivity contribution in [2.75, 3.05) is 0 Å². The molecule has 4 nitrogen and oxygen atoms in total. The summed E-state index contributed by atoms with van der Waals surface area (Å²) in [6.45, 7) is 1.05. The predicted octanol–water partition coefficient (Wildman–Crippen LogP) is 1.000. The topological polar surface area (TPSA) is 60.4 Å². The van der Waals surface area contributed by atoms with Crippen LogP contribution in [0, 0.1) is 0 Å². The molecule has 1 rings (SSSR count). The number of hydrogen-bond donors (Lipinski definition) is 0. The van der Waals surface area contributed by atoms with E-state index in [0.29, 0.717) is 0 Å². The Balaban J connectivity index is 2.96. The minimum absolute atomic E-state index is 0.0164. The van der Waals surface area contributed by atoms with Gasteiger partial charge in [-0.3, -0.25) is 4.79 Å². The molecule has 0 unspecified atom stereocenters. The normalized spacial score (nSPS) is 11.1. The number of thiophene rings is 1. The highest BCUT2D eigenvalue weighted by atomic mass is 32.2. The minimum atomic E-state index is -3.86. The van der Waals surface area contributed by atoms with E-state index in [-0.39, 0.29) is 4.90 Å². The molecule has 0 bridgehead atoms. The maximum absolute atomic E-state index is 11.1. The summed E-state index contributed by atoms with van der Waals surface area (Å²) in [4.78, 5) is 10.4. The number of carbonyl (C=O) groups excluding carboxylic acids is 1. The van der Waals surface area contributed by atoms with Crippen molar-refractivity contribution >= 4 is 27.4 Å². The third kappa shape index (κ3) is 2.05. The summed E-state index contributed by atoms with van der Waals surface area (Å²) in [6.07, 6.45) is 0. The van der Waals surface area contributed by atoms with Gasteiger partial charge in [-0.15, -0.1) is 0 Å². The first-order chi connectivity index (χ1) is 5.52. The molecule has 0 aliphatic carbocycles. The number of hydrogen-bond acceptors (Lipinski definition) is 5. The molecule has 1 aromatic heterocycles. The fourth-order valence-corrected chi connectivity index (χ4v) is 2.48. The fourth-order valence-electron chi connectivity index (χ4n) is 0.597. The molecule has 66 valence electrons. The summed E-state index contributed by atoms with van der Waals surface area (Å²) in [6, 6.07) is 1.38. The van der Waals surface area contributed by atoms with E-state index in [2.05, 4.69) is 4.18 Å². The monoisotopic (exact) mass is 206 g/mol. The summed E-state index contributed by atoms with van der Waals surface area (Å²) in [5.41, 5.74) is 0. The number of rotatable bonds is 2. The quantitative estimate of drug-likeness (QED) is 0.677. The average Bonchev–Trinajstić information content (AvgIpc) is 2.32. The van der Waals surface area contributed by atoms with E-state index in [0.717, 1.165) is 6.92 Å². The van der Waals surface area contributed by atoms with Gasteiger partial charge in [0.2, 0.25) is 0 Å². The van der Waals surface area contributed by atoms with Gasteiger partial charge in [-0.2, -0.15) is 19.8 Å². The van der Waals surface area contributed by atoms with E-state index in [9.17, 15) is 13.2 Å². The third-order valence-corrected chi connectivity index (χ3v) is 3.13. The molecule has 0 saturated heterocycles. The Kier molecular flexibility index (Phi) is 2.49. The van der Waals surface area contributed by atoms with Crippen LogP contribution in [-0.2, 0) is 19.1 Å². The van der Waals surface area contributed by atoms with Crippen LogP contribution < -0.4 is 0 Å². The van der Waals surface area contributed by atoms with Crippen LogP contribution in [0.5, 0.6) is 0 Å². The highest BCUT2D eigenvalue weighted by molar-refractivity contribution is 7.87. The minimum Gasteiger partial charge on any atom is -0.343 e. The van der Waals surface area contributed by atoms with Crippen molar-refractivity contribution in [3.63, 3.8) is 0 Å². The molecule has 1 heterocycles. The summed E-state index contributed by atoms with van der Waals surface area (Å²) in [5, 5.41) is 2.99. The van der Waals surface area contributed by atoms with Crippen LogP contribution in [0.1, 0.15) is 6.92 Å². The maximum Gasteiger partial charge on any atom is 0.342 e. The van der Waals surface area contributed by atoms with E-state index >= 15 is 0 Å². The molecule has 6 heteroatoms. The van der Waals surface area contributed by atoms with Crippen LogP contribution in [-0.4, -0.2) is 14.4 Å². The zero-order valence-corrected chi connectivity index (χ0v) is 7.81. The molecular formula is C6H6O4S2. The van der Waals surface area contributed by atoms with Crippen molar-refractivity contribution < 1.29 is 17.4 Å². The van der Waals surface area contributed by atoms with Crippen molar-refractivity contribution in [1.29, 1.82) is 0 Å². The van der Waals surface area contributed by atoms with E-state index in [1.165, 1.54) is 22.8 Å². The second-order valence-corrected chi connectivity index (χ2v) is 4.31. The van der Waals surface area contributed by atoms with Gasteiger partial charge < -0.3 is 4.18 Å². The van der Waals surface area contributed by atoms with Crippen LogP contribution >= 0.6 is 11.3 Å². The number of carbonyl (C=O) groups is 1. The van der Waals surface area contributed by atoms with Crippen LogP contribution in [0.2, 0.25) is 0 Å². The van der Waals surface area contributed by atoms with Gasteiger partial charge in [0.05, 0.1) is 0 Å². The standard InChI is InChI=1S/C6H6O4S2/c1-5(7)10-12(8,9)6-2-3-11-4-6/h2-4H,1H3. The van der Waals surface area contributed by atoms with Gasteiger partial charge in [0.1, 0.15) is 4.90 Å². The fraction of sp³-hybridized carbons (Fsp3) is 0.167. The summed E-state index contributed by atoms with van der Waals surface area (Å²) >= 11 is 1.22. The van der Waals surface area contributed by atoms with E-state index in [4.69, 9.17) is 0 Å². The van der Waals surface area contributed by atoms with Crippen LogP contribution in [0.15, 0.2) is 21.7 Å².